The maximum Gasteiger partial charge on any atom is -0.00463 e. The molecule has 1 aliphatic rings. The summed E-state index contributed by atoms with van der Waals surface area (Å²) >= 11 is 0. The van der Waals surface area contributed by atoms with Crippen molar-refractivity contribution in [2.75, 3.05) is 25.4 Å². The summed E-state index contributed by atoms with van der Waals surface area (Å²) in [5, 5.41) is 3.41. The Morgan fingerprint density at radius 3 is 2.73 bits per heavy atom. The van der Waals surface area contributed by atoms with E-state index in [4.69, 9.17) is 0 Å². The minimum Gasteiger partial charge on any atom is -0.317 e. The second kappa shape index (κ2) is 5.97. The third kappa shape index (κ3) is 4.08. The predicted octanol–water partition coefficient (Wildman–Crippen LogP) is 2.07. The quantitative estimate of drug-likeness (QED) is 0.507. The summed E-state index contributed by atoms with van der Waals surface area (Å²) in [6, 6.07) is 0. The third-order valence-electron chi connectivity index (χ3n) is 2.44. The average molecular weight is 173 g/mol. The Balaban J connectivity index is 1.96. The minimum absolute atomic E-state index is 1.05. The van der Waals surface area contributed by atoms with Crippen LogP contribution in [0.1, 0.15) is 26.2 Å². The van der Waals surface area contributed by atoms with Crippen molar-refractivity contribution in [2.24, 2.45) is 5.92 Å². The molecule has 1 N–H and O–H groups in total. The third-order valence-corrected chi connectivity index (χ3v) is 3.58. The summed E-state index contributed by atoms with van der Waals surface area (Å²) < 4.78 is 0. The number of nitrogens with one attached hydrogen (secondary N) is 1. The number of piperidine rings is 1. The fourth-order valence-electron chi connectivity index (χ4n) is 1.65. The fourth-order valence-corrected chi connectivity index (χ4v) is 2.62. The van der Waals surface area contributed by atoms with Gasteiger partial charge in [0.05, 0.1) is 0 Å². The van der Waals surface area contributed by atoms with Crippen LogP contribution in [0.4, 0.5) is 0 Å². The highest BCUT2D eigenvalue weighted by Gasteiger charge is 2.11. The topological polar surface area (TPSA) is 12.0 Å². The van der Waals surface area contributed by atoms with E-state index >= 15 is 0 Å². The zero-order chi connectivity index (χ0) is 7.94. The van der Waals surface area contributed by atoms with Crippen molar-refractivity contribution < 1.29 is 0 Å². The highest BCUT2D eigenvalue weighted by molar-refractivity contribution is 7.37. The van der Waals surface area contributed by atoms with Crippen molar-refractivity contribution in [3.8, 4) is 0 Å². The van der Waals surface area contributed by atoms with Crippen LogP contribution in [0.2, 0.25) is 0 Å². The molecule has 0 saturated carbocycles. The zero-order valence-electron chi connectivity index (χ0n) is 7.53. The van der Waals surface area contributed by atoms with Gasteiger partial charge in [0.2, 0.25) is 0 Å². The summed E-state index contributed by atoms with van der Waals surface area (Å²) in [4.78, 5) is 0. The van der Waals surface area contributed by atoms with Gasteiger partial charge in [0.1, 0.15) is 0 Å². The van der Waals surface area contributed by atoms with Crippen LogP contribution in [-0.2, 0) is 0 Å². The van der Waals surface area contributed by atoms with E-state index < -0.39 is 0 Å². The molecule has 1 nitrogen and oxygen atoms in total. The van der Waals surface area contributed by atoms with Crippen molar-refractivity contribution in [1.29, 1.82) is 0 Å². The molecule has 66 valence electrons. The molecule has 0 aliphatic carbocycles. The Kier molecular flexibility index (Phi) is 5.14. The molecule has 0 bridgehead atoms. The van der Waals surface area contributed by atoms with Crippen molar-refractivity contribution >= 4 is 8.58 Å². The van der Waals surface area contributed by atoms with Gasteiger partial charge in [0, 0.05) is 0 Å². The van der Waals surface area contributed by atoms with Gasteiger partial charge in [-0.2, -0.15) is 0 Å². The summed E-state index contributed by atoms with van der Waals surface area (Å²) in [6.07, 6.45) is 7.22. The van der Waals surface area contributed by atoms with Gasteiger partial charge in [-0.3, -0.25) is 0 Å². The van der Waals surface area contributed by atoms with Gasteiger partial charge in [-0.1, -0.05) is 6.92 Å². The van der Waals surface area contributed by atoms with E-state index in [0.717, 1.165) is 5.92 Å². The first-order chi connectivity index (χ1) is 5.43. The van der Waals surface area contributed by atoms with Gasteiger partial charge in [0.25, 0.3) is 0 Å². The smallest absolute Gasteiger partial charge is 0.00463 e. The standard InChI is InChI=1S/C9H20NP/c1-2-11-8-5-9-3-6-10-7-4-9/h9-11H,2-8H2,1H3. The SMILES string of the molecule is CCPCCC1CCNCC1. The van der Waals surface area contributed by atoms with Crippen LogP contribution in [0.5, 0.6) is 0 Å². The molecule has 0 amide bonds. The van der Waals surface area contributed by atoms with Gasteiger partial charge in [0.15, 0.2) is 0 Å². The summed E-state index contributed by atoms with van der Waals surface area (Å²) in [7, 11) is 1.22. The molecule has 1 heterocycles. The lowest BCUT2D eigenvalue weighted by molar-refractivity contribution is 0.367. The molecule has 2 heteroatoms. The molecule has 1 aliphatic heterocycles. The van der Waals surface area contributed by atoms with Gasteiger partial charge in [-0.05, 0) is 50.6 Å². The first-order valence-electron chi connectivity index (χ1n) is 4.85. The Morgan fingerprint density at radius 2 is 2.09 bits per heavy atom. The van der Waals surface area contributed by atoms with E-state index in [9.17, 15) is 0 Å². The second-order valence-corrected chi connectivity index (χ2v) is 5.04. The minimum atomic E-state index is 1.05. The maximum atomic E-state index is 3.41. The van der Waals surface area contributed by atoms with Crippen molar-refractivity contribution in [3.05, 3.63) is 0 Å². The van der Waals surface area contributed by atoms with E-state index in [1.54, 1.807) is 0 Å². The first kappa shape index (κ1) is 9.48. The molecular formula is C9H20NP. The highest BCUT2D eigenvalue weighted by Crippen LogP contribution is 2.20. The predicted molar refractivity (Wildman–Crippen MR) is 53.9 cm³/mol. The molecule has 1 saturated heterocycles. The van der Waals surface area contributed by atoms with Crippen molar-refractivity contribution in [2.45, 2.75) is 26.2 Å². The van der Waals surface area contributed by atoms with E-state index in [2.05, 4.69) is 12.2 Å². The van der Waals surface area contributed by atoms with Crippen LogP contribution in [0.25, 0.3) is 0 Å². The summed E-state index contributed by atoms with van der Waals surface area (Å²) in [5.41, 5.74) is 0. The fraction of sp³-hybridized carbons (Fsp3) is 1.00. The number of rotatable bonds is 4. The Bertz CT molecular complexity index is 89.6. The van der Waals surface area contributed by atoms with E-state index in [0.29, 0.717) is 0 Å². The van der Waals surface area contributed by atoms with Crippen LogP contribution in [0.3, 0.4) is 0 Å². The van der Waals surface area contributed by atoms with E-state index in [1.165, 1.54) is 53.3 Å². The van der Waals surface area contributed by atoms with Gasteiger partial charge < -0.3 is 5.32 Å². The van der Waals surface area contributed by atoms with Crippen LogP contribution < -0.4 is 5.32 Å². The van der Waals surface area contributed by atoms with Crippen molar-refractivity contribution in [1.82, 2.24) is 5.32 Å². The molecule has 0 aromatic heterocycles. The van der Waals surface area contributed by atoms with Gasteiger partial charge in [-0.15, -0.1) is 8.58 Å². The van der Waals surface area contributed by atoms with Gasteiger partial charge >= 0.3 is 0 Å². The number of hydrogen-bond donors (Lipinski definition) is 1. The molecule has 0 radical (unpaired) electrons. The molecule has 1 rings (SSSR count). The first-order valence-corrected chi connectivity index (χ1v) is 6.26. The van der Waals surface area contributed by atoms with Crippen LogP contribution in [-0.4, -0.2) is 25.4 Å². The Morgan fingerprint density at radius 1 is 1.36 bits per heavy atom. The second-order valence-electron chi connectivity index (χ2n) is 3.34. The van der Waals surface area contributed by atoms with Crippen LogP contribution >= 0.6 is 8.58 Å². The molecule has 0 spiro atoms. The monoisotopic (exact) mass is 173 g/mol. The average Bonchev–Trinajstić information content (AvgIpc) is 2.07. The Labute approximate surface area is 72.1 Å². The highest BCUT2D eigenvalue weighted by atomic mass is 31.1. The van der Waals surface area contributed by atoms with E-state index in [1.807, 2.05) is 0 Å². The lowest BCUT2D eigenvalue weighted by Crippen LogP contribution is -2.27. The molecule has 0 aromatic carbocycles. The molecule has 1 atom stereocenters. The molecule has 1 fully saturated rings. The van der Waals surface area contributed by atoms with E-state index in [-0.39, 0.29) is 0 Å². The molecule has 11 heavy (non-hydrogen) atoms. The Hall–Kier alpha value is 0.390. The molecule has 0 aromatic rings. The normalized spacial score (nSPS) is 21.5. The number of hydrogen-bond acceptors (Lipinski definition) is 1. The maximum absolute atomic E-state index is 3.41. The van der Waals surface area contributed by atoms with Crippen LogP contribution in [0, 0.1) is 5.92 Å². The van der Waals surface area contributed by atoms with Crippen LogP contribution in [0.15, 0.2) is 0 Å². The summed E-state index contributed by atoms with van der Waals surface area (Å²) in [5.74, 6) is 1.05. The lowest BCUT2D eigenvalue weighted by Gasteiger charge is -2.22. The molecular weight excluding hydrogens is 153 g/mol. The van der Waals surface area contributed by atoms with Crippen molar-refractivity contribution in [3.63, 3.8) is 0 Å². The summed E-state index contributed by atoms with van der Waals surface area (Å²) in [6.45, 7) is 4.82. The lowest BCUT2D eigenvalue weighted by atomic mass is 9.96. The zero-order valence-corrected chi connectivity index (χ0v) is 8.53. The van der Waals surface area contributed by atoms with Gasteiger partial charge in [-0.25, -0.2) is 0 Å². The largest absolute Gasteiger partial charge is 0.317 e. The molecule has 1 unspecified atom stereocenters.